The molecule has 1 N–H and O–H groups in total. The molecule has 2 fully saturated rings. The normalized spacial score (nSPS) is 22.2. The summed E-state index contributed by atoms with van der Waals surface area (Å²) in [6.07, 6.45) is 1.88. The van der Waals surface area contributed by atoms with Gasteiger partial charge in [-0.1, -0.05) is 6.07 Å². The van der Waals surface area contributed by atoms with Crippen molar-refractivity contribution in [2.45, 2.75) is 24.9 Å². The van der Waals surface area contributed by atoms with Gasteiger partial charge in [0.05, 0.1) is 25.3 Å². The number of hydrogen-bond acceptors (Lipinski definition) is 4. The third kappa shape index (κ3) is 3.74. The van der Waals surface area contributed by atoms with E-state index in [1.165, 1.54) is 41.1 Å². The first-order valence-corrected chi connectivity index (χ1v) is 10.4. The van der Waals surface area contributed by atoms with Crippen LogP contribution in [0.1, 0.15) is 33.9 Å². The first-order chi connectivity index (χ1) is 14.2. The summed E-state index contributed by atoms with van der Waals surface area (Å²) >= 11 is 0. The average molecular weight is 395 g/mol. The molecular weight excluding hydrogens is 369 g/mol. The van der Waals surface area contributed by atoms with Gasteiger partial charge in [-0.15, -0.1) is 0 Å². The highest BCUT2D eigenvalue weighted by molar-refractivity contribution is 5.94. The fraction of sp³-hybridized carbons (Fsp3) is 0.435. The lowest BCUT2D eigenvalue weighted by Gasteiger charge is -2.43. The molecule has 2 aliphatic heterocycles. The summed E-state index contributed by atoms with van der Waals surface area (Å²) in [7, 11) is 0. The standard InChI is InChI=1S/C23H26FN3O2/c24-18-5-1-17(2-6-18)23(28)25-22-8-4-16-3-7-19(13-21(16)22)26-9-11-27(12-10-26)20-14-29-15-20/h1-3,5-7,13,20,22H,4,8-12,14-15H2,(H,25,28). The molecule has 5 nitrogen and oxygen atoms in total. The Hall–Kier alpha value is -2.44. The van der Waals surface area contributed by atoms with E-state index in [4.69, 9.17) is 4.74 Å². The topological polar surface area (TPSA) is 44.8 Å². The molecule has 0 bridgehead atoms. The number of nitrogens with one attached hydrogen (secondary N) is 1. The molecule has 0 saturated carbocycles. The van der Waals surface area contributed by atoms with Crippen LogP contribution in [0.25, 0.3) is 0 Å². The van der Waals surface area contributed by atoms with Gasteiger partial charge in [-0.05, 0) is 60.4 Å². The molecule has 1 amide bonds. The van der Waals surface area contributed by atoms with E-state index in [2.05, 4.69) is 33.3 Å². The minimum absolute atomic E-state index is 0.0101. The first-order valence-electron chi connectivity index (χ1n) is 10.4. The number of carbonyl (C=O) groups is 1. The third-order valence-corrected chi connectivity index (χ3v) is 6.44. The minimum Gasteiger partial charge on any atom is -0.378 e. The van der Waals surface area contributed by atoms with Crippen molar-refractivity contribution in [1.82, 2.24) is 10.2 Å². The van der Waals surface area contributed by atoms with Crippen LogP contribution in [0.3, 0.4) is 0 Å². The Morgan fingerprint density at radius 2 is 1.79 bits per heavy atom. The maximum Gasteiger partial charge on any atom is 0.251 e. The second-order valence-electron chi connectivity index (χ2n) is 8.17. The summed E-state index contributed by atoms with van der Waals surface area (Å²) in [6, 6.07) is 13.0. The molecular formula is C23H26FN3O2. The summed E-state index contributed by atoms with van der Waals surface area (Å²) in [4.78, 5) is 17.5. The van der Waals surface area contributed by atoms with E-state index in [-0.39, 0.29) is 17.8 Å². The molecule has 0 spiro atoms. The summed E-state index contributed by atoms with van der Waals surface area (Å²) in [5.41, 5.74) is 4.25. The van der Waals surface area contributed by atoms with Crippen molar-refractivity contribution in [2.24, 2.45) is 0 Å². The predicted octanol–water partition coefficient (Wildman–Crippen LogP) is 2.76. The van der Waals surface area contributed by atoms with Crippen LogP contribution >= 0.6 is 0 Å². The zero-order chi connectivity index (χ0) is 19.8. The van der Waals surface area contributed by atoms with Crippen molar-refractivity contribution in [2.75, 3.05) is 44.3 Å². The molecule has 2 heterocycles. The van der Waals surface area contributed by atoms with Crippen LogP contribution in [0, 0.1) is 5.82 Å². The molecule has 2 aromatic rings. The molecule has 0 aromatic heterocycles. The van der Waals surface area contributed by atoms with Gasteiger partial charge in [0.15, 0.2) is 0 Å². The van der Waals surface area contributed by atoms with E-state index in [1.807, 2.05) is 0 Å². The number of halogens is 1. The Balaban J connectivity index is 1.26. The van der Waals surface area contributed by atoms with Gasteiger partial charge in [0.1, 0.15) is 5.82 Å². The first kappa shape index (κ1) is 18.6. The number of fused-ring (bicyclic) bond motifs is 1. The number of aryl methyl sites for hydroxylation is 1. The van der Waals surface area contributed by atoms with E-state index < -0.39 is 0 Å². The molecule has 29 heavy (non-hydrogen) atoms. The van der Waals surface area contributed by atoms with Crippen LogP contribution in [0.4, 0.5) is 10.1 Å². The molecule has 3 aliphatic rings. The summed E-state index contributed by atoms with van der Waals surface area (Å²) in [5.74, 6) is -0.480. The number of rotatable bonds is 4. The second-order valence-corrected chi connectivity index (χ2v) is 8.17. The number of benzene rings is 2. The molecule has 1 atom stereocenters. The number of piperazine rings is 1. The lowest BCUT2D eigenvalue weighted by atomic mass is 10.1. The Morgan fingerprint density at radius 3 is 2.48 bits per heavy atom. The van der Waals surface area contributed by atoms with Gasteiger partial charge in [0.25, 0.3) is 5.91 Å². The summed E-state index contributed by atoms with van der Waals surface area (Å²) < 4.78 is 18.4. The van der Waals surface area contributed by atoms with E-state index >= 15 is 0 Å². The van der Waals surface area contributed by atoms with Crippen LogP contribution in [0.5, 0.6) is 0 Å². The number of amides is 1. The Morgan fingerprint density at radius 1 is 1.03 bits per heavy atom. The number of ether oxygens (including phenoxy) is 1. The molecule has 2 saturated heterocycles. The smallest absolute Gasteiger partial charge is 0.251 e. The average Bonchev–Trinajstić information content (AvgIpc) is 3.10. The van der Waals surface area contributed by atoms with E-state index in [0.29, 0.717) is 11.6 Å². The highest BCUT2D eigenvalue weighted by atomic mass is 19.1. The highest BCUT2D eigenvalue weighted by Crippen LogP contribution is 2.34. The molecule has 1 unspecified atom stereocenters. The quantitative estimate of drug-likeness (QED) is 0.865. The molecule has 152 valence electrons. The van der Waals surface area contributed by atoms with Crippen LogP contribution in [-0.4, -0.2) is 56.2 Å². The molecule has 0 radical (unpaired) electrons. The molecule has 6 heteroatoms. The number of anilines is 1. The second kappa shape index (κ2) is 7.76. The van der Waals surface area contributed by atoms with Crippen LogP contribution in [0.15, 0.2) is 42.5 Å². The Bertz CT molecular complexity index is 889. The Kier molecular flexibility index (Phi) is 4.97. The van der Waals surface area contributed by atoms with Gasteiger partial charge in [-0.3, -0.25) is 9.69 Å². The van der Waals surface area contributed by atoms with E-state index in [9.17, 15) is 9.18 Å². The predicted molar refractivity (Wildman–Crippen MR) is 110 cm³/mol. The minimum atomic E-state index is -0.331. The van der Waals surface area contributed by atoms with Crippen molar-refractivity contribution in [3.63, 3.8) is 0 Å². The van der Waals surface area contributed by atoms with Crippen LogP contribution in [0.2, 0.25) is 0 Å². The highest BCUT2D eigenvalue weighted by Gasteiger charge is 2.30. The van der Waals surface area contributed by atoms with Crippen molar-refractivity contribution in [3.05, 3.63) is 65.0 Å². The lowest BCUT2D eigenvalue weighted by Crippen LogP contribution is -2.56. The number of carbonyl (C=O) groups excluding carboxylic acids is 1. The zero-order valence-electron chi connectivity index (χ0n) is 16.4. The van der Waals surface area contributed by atoms with Gasteiger partial charge < -0.3 is 15.0 Å². The van der Waals surface area contributed by atoms with Crippen molar-refractivity contribution in [3.8, 4) is 0 Å². The lowest BCUT2D eigenvalue weighted by molar-refractivity contribution is -0.0660. The van der Waals surface area contributed by atoms with E-state index in [1.54, 1.807) is 0 Å². The monoisotopic (exact) mass is 395 g/mol. The van der Waals surface area contributed by atoms with E-state index in [0.717, 1.165) is 52.2 Å². The van der Waals surface area contributed by atoms with Gasteiger partial charge in [0.2, 0.25) is 0 Å². The van der Waals surface area contributed by atoms with Crippen LogP contribution in [-0.2, 0) is 11.2 Å². The Labute approximate surface area is 170 Å². The number of hydrogen-bond donors (Lipinski definition) is 1. The summed E-state index contributed by atoms with van der Waals surface area (Å²) in [6.45, 7) is 5.90. The molecule has 2 aromatic carbocycles. The van der Waals surface area contributed by atoms with Gasteiger partial charge in [-0.2, -0.15) is 0 Å². The fourth-order valence-corrected chi connectivity index (χ4v) is 4.56. The number of nitrogens with zero attached hydrogens (tertiary/aromatic N) is 2. The zero-order valence-corrected chi connectivity index (χ0v) is 16.4. The maximum absolute atomic E-state index is 13.1. The summed E-state index contributed by atoms with van der Waals surface area (Å²) in [5, 5.41) is 3.14. The van der Waals surface area contributed by atoms with Crippen molar-refractivity contribution < 1.29 is 13.9 Å². The SMILES string of the molecule is O=C(NC1CCc2ccc(N3CCN(C4COC4)CC3)cc21)c1ccc(F)cc1. The van der Waals surface area contributed by atoms with Crippen molar-refractivity contribution >= 4 is 11.6 Å². The van der Waals surface area contributed by atoms with Gasteiger partial charge in [-0.25, -0.2) is 4.39 Å². The maximum atomic E-state index is 13.1. The fourth-order valence-electron chi connectivity index (χ4n) is 4.56. The molecule has 5 rings (SSSR count). The third-order valence-electron chi connectivity index (χ3n) is 6.44. The molecule has 1 aliphatic carbocycles. The largest absolute Gasteiger partial charge is 0.378 e. The van der Waals surface area contributed by atoms with Crippen molar-refractivity contribution in [1.29, 1.82) is 0 Å². The van der Waals surface area contributed by atoms with Gasteiger partial charge >= 0.3 is 0 Å². The van der Waals surface area contributed by atoms with Gasteiger partial charge in [0, 0.05) is 37.4 Å². The van der Waals surface area contributed by atoms with Crippen LogP contribution < -0.4 is 10.2 Å².